The number of alkyl halides is 3. The molecule has 4 aromatic rings. The fourth-order valence-corrected chi connectivity index (χ4v) is 3.77. The van der Waals surface area contributed by atoms with Gasteiger partial charge in [0, 0.05) is 30.9 Å². The molecule has 0 radical (unpaired) electrons. The second-order valence-corrected chi connectivity index (χ2v) is 7.31. The fourth-order valence-electron chi connectivity index (χ4n) is 3.54. The molecule has 0 N–H and O–H groups in total. The van der Waals surface area contributed by atoms with Crippen LogP contribution in [0.25, 0.3) is 21.9 Å². The molecule has 3 aromatic heterocycles. The number of halogens is 4. The molecule has 4 rings (SSSR count). The van der Waals surface area contributed by atoms with Crippen LogP contribution in [0.1, 0.15) is 11.1 Å². The number of pyridine rings is 1. The minimum atomic E-state index is -4.39. The molecule has 0 aliphatic heterocycles. The van der Waals surface area contributed by atoms with E-state index in [2.05, 4.69) is 19.9 Å². The van der Waals surface area contributed by atoms with E-state index >= 15 is 0 Å². The van der Waals surface area contributed by atoms with Crippen LogP contribution in [0.5, 0.6) is 0 Å². The Bertz CT molecular complexity index is 1160. The zero-order valence-corrected chi connectivity index (χ0v) is 16.2. The highest BCUT2D eigenvalue weighted by atomic mass is 35.5. The van der Waals surface area contributed by atoms with Crippen molar-refractivity contribution in [1.29, 1.82) is 0 Å². The van der Waals surface area contributed by atoms with Gasteiger partial charge in [-0.15, -0.1) is 0 Å². The molecular weight excluding hydrogens is 403 g/mol. The van der Waals surface area contributed by atoms with E-state index in [1.54, 1.807) is 12.3 Å². The topological polar surface area (TPSA) is 46.8 Å². The van der Waals surface area contributed by atoms with E-state index in [1.165, 1.54) is 6.33 Å². The maximum Gasteiger partial charge on any atom is 0.406 e. The van der Waals surface area contributed by atoms with Crippen LogP contribution in [-0.4, -0.2) is 37.6 Å². The van der Waals surface area contributed by atoms with Crippen LogP contribution in [0.4, 0.5) is 13.2 Å². The summed E-state index contributed by atoms with van der Waals surface area (Å²) in [6.45, 7) is 0.172. The van der Waals surface area contributed by atoms with Crippen molar-refractivity contribution >= 4 is 33.5 Å². The molecule has 0 unspecified atom stereocenters. The predicted octanol–water partition coefficient (Wildman–Crippen LogP) is 4.83. The molecule has 3 heterocycles. The number of benzene rings is 1. The number of rotatable bonds is 5. The molecule has 150 valence electrons. The number of hydrogen-bond donors (Lipinski definition) is 0. The van der Waals surface area contributed by atoms with Gasteiger partial charge in [0.1, 0.15) is 23.9 Å². The third kappa shape index (κ3) is 4.18. The van der Waals surface area contributed by atoms with E-state index < -0.39 is 12.7 Å². The average Bonchev–Trinajstić information content (AvgIpc) is 2.95. The van der Waals surface area contributed by atoms with Crippen molar-refractivity contribution < 1.29 is 13.2 Å². The Morgan fingerprint density at radius 2 is 1.90 bits per heavy atom. The van der Waals surface area contributed by atoms with E-state index in [1.807, 2.05) is 37.5 Å². The fraction of sp³-hybridized carbons (Fsp3) is 0.250. The first-order chi connectivity index (χ1) is 13.8. The van der Waals surface area contributed by atoms with Gasteiger partial charge in [0.2, 0.25) is 0 Å². The summed E-state index contributed by atoms with van der Waals surface area (Å²) in [6, 6.07) is 9.26. The summed E-state index contributed by atoms with van der Waals surface area (Å²) in [5.41, 5.74) is 3.09. The lowest BCUT2D eigenvalue weighted by molar-refractivity contribution is -0.139. The van der Waals surface area contributed by atoms with Crippen molar-refractivity contribution in [2.45, 2.75) is 25.8 Å². The van der Waals surface area contributed by atoms with Crippen molar-refractivity contribution in [3.63, 3.8) is 0 Å². The number of fused-ring (bicyclic) bond motifs is 3. The summed E-state index contributed by atoms with van der Waals surface area (Å²) in [5, 5.41) is 0.631. The standard InChI is InChI=1S/C20H17ClF3N5/c1-28(10-14-3-2-6-25-8-14)9-13-4-5-16-15(7-13)17-18(19(21)27-12-26-17)29(16)11-20(22,23)24/h2-8,12H,9-11H2,1H3. The first kappa shape index (κ1) is 19.6. The van der Waals surface area contributed by atoms with E-state index in [0.717, 1.165) is 15.7 Å². The first-order valence-electron chi connectivity index (χ1n) is 8.87. The van der Waals surface area contributed by atoms with Gasteiger partial charge in [0.05, 0.1) is 5.52 Å². The predicted molar refractivity (Wildman–Crippen MR) is 106 cm³/mol. The number of hydrogen-bond acceptors (Lipinski definition) is 4. The minimum absolute atomic E-state index is 0.00527. The van der Waals surface area contributed by atoms with Gasteiger partial charge < -0.3 is 4.57 Å². The Morgan fingerprint density at radius 1 is 1.10 bits per heavy atom. The molecule has 0 bridgehead atoms. The van der Waals surface area contributed by atoms with Gasteiger partial charge in [-0.2, -0.15) is 13.2 Å². The van der Waals surface area contributed by atoms with E-state index in [0.29, 0.717) is 29.5 Å². The van der Waals surface area contributed by atoms with Crippen molar-refractivity contribution in [2.24, 2.45) is 0 Å². The van der Waals surface area contributed by atoms with E-state index in [9.17, 15) is 13.2 Å². The Morgan fingerprint density at radius 3 is 2.62 bits per heavy atom. The van der Waals surface area contributed by atoms with Gasteiger partial charge in [-0.3, -0.25) is 9.88 Å². The molecule has 0 amide bonds. The first-order valence-corrected chi connectivity index (χ1v) is 9.25. The van der Waals surface area contributed by atoms with Crippen molar-refractivity contribution in [3.05, 3.63) is 65.3 Å². The minimum Gasteiger partial charge on any atom is -0.327 e. The maximum absolute atomic E-state index is 13.1. The molecule has 0 fully saturated rings. The van der Waals surface area contributed by atoms with Crippen LogP contribution < -0.4 is 0 Å². The molecule has 5 nitrogen and oxygen atoms in total. The molecule has 0 saturated carbocycles. The number of aromatic nitrogens is 4. The third-order valence-electron chi connectivity index (χ3n) is 4.62. The second-order valence-electron chi connectivity index (χ2n) is 6.95. The summed E-state index contributed by atoms with van der Waals surface area (Å²) >= 11 is 6.12. The monoisotopic (exact) mass is 419 g/mol. The normalized spacial score (nSPS) is 12.3. The van der Waals surface area contributed by atoms with E-state index in [-0.39, 0.29) is 10.7 Å². The number of nitrogens with zero attached hydrogens (tertiary/aromatic N) is 5. The van der Waals surface area contributed by atoms with Gasteiger partial charge in [0.15, 0.2) is 5.15 Å². The van der Waals surface area contributed by atoms with Crippen molar-refractivity contribution in [1.82, 2.24) is 24.4 Å². The third-order valence-corrected chi connectivity index (χ3v) is 4.90. The Labute approximate surface area is 169 Å². The largest absolute Gasteiger partial charge is 0.406 e. The van der Waals surface area contributed by atoms with Gasteiger partial charge in [-0.05, 0) is 36.4 Å². The molecule has 29 heavy (non-hydrogen) atoms. The quantitative estimate of drug-likeness (QED) is 0.435. The average molecular weight is 420 g/mol. The van der Waals surface area contributed by atoms with Crippen LogP contribution in [0, 0.1) is 0 Å². The molecule has 0 atom stereocenters. The molecular formula is C20H17ClF3N5. The molecule has 1 aromatic carbocycles. The smallest absolute Gasteiger partial charge is 0.327 e. The molecule has 0 saturated heterocycles. The highest BCUT2D eigenvalue weighted by molar-refractivity contribution is 6.34. The van der Waals surface area contributed by atoms with Gasteiger partial charge in [-0.1, -0.05) is 23.7 Å². The van der Waals surface area contributed by atoms with Crippen LogP contribution in [0.15, 0.2) is 49.1 Å². The highest BCUT2D eigenvalue weighted by Crippen LogP contribution is 2.34. The highest BCUT2D eigenvalue weighted by Gasteiger charge is 2.30. The SMILES string of the molecule is CN(Cc1cccnc1)Cc1ccc2c(c1)c1ncnc(Cl)c1n2CC(F)(F)F. The lowest BCUT2D eigenvalue weighted by Gasteiger charge is -2.17. The Kier molecular flexibility index (Phi) is 5.14. The van der Waals surface area contributed by atoms with Crippen LogP contribution in [-0.2, 0) is 19.6 Å². The second kappa shape index (κ2) is 7.61. The molecule has 0 aliphatic carbocycles. The van der Waals surface area contributed by atoms with Crippen LogP contribution in [0.2, 0.25) is 5.15 Å². The molecule has 9 heteroatoms. The molecule has 0 spiro atoms. The molecule has 0 aliphatic rings. The van der Waals surface area contributed by atoms with E-state index in [4.69, 9.17) is 11.6 Å². The van der Waals surface area contributed by atoms with Crippen molar-refractivity contribution in [2.75, 3.05) is 7.05 Å². The van der Waals surface area contributed by atoms with Crippen molar-refractivity contribution in [3.8, 4) is 0 Å². The summed E-state index contributed by atoms with van der Waals surface area (Å²) in [6.07, 6.45) is 0.411. The van der Waals surface area contributed by atoms with Crippen LogP contribution in [0.3, 0.4) is 0 Å². The zero-order valence-electron chi connectivity index (χ0n) is 15.5. The lowest BCUT2D eigenvalue weighted by Crippen LogP contribution is -2.18. The summed E-state index contributed by atoms with van der Waals surface area (Å²) in [4.78, 5) is 14.3. The maximum atomic E-state index is 13.1. The summed E-state index contributed by atoms with van der Waals surface area (Å²) < 4.78 is 40.6. The Balaban J connectivity index is 1.72. The Hall–Kier alpha value is -2.71. The lowest BCUT2D eigenvalue weighted by atomic mass is 10.1. The summed E-state index contributed by atoms with van der Waals surface area (Å²) in [7, 11) is 1.98. The summed E-state index contributed by atoms with van der Waals surface area (Å²) in [5.74, 6) is 0. The van der Waals surface area contributed by atoms with Crippen LogP contribution >= 0.6 is 11.6 Å². The zero-order chi connectivity index (χ0) is 20.6. The van der Waals surface area contributed by atoms with Gasteiger partial charge in [-0.25, -0.2) is 9.97 Å². The van der Waals surface area contributed by atoms with Gasteiger partial charge >= 0.3 is 6.18 Å². The van der Waals surface area contributed by atoms with Gasteiger partial charge in [0.25, 0.3) is 0 Å².